The van der Waals surface area contributed by atoms with Crippen molar-refractivity contribution in [2.45, 2.75) is 18.7 Å². The maximum absolute atomic E-state index is 12.9. The summed E-state index contributed by atoms with van der Waals surface area (Å²) < 4.78 is 36.0. The van der Waals surface area contributed by atoms with E-state index in [1.165, 1.54) is 36.4 Å². The largest absolute Gasteiger partial charge is 0.497 e. The number of carbonyl (C=O) groups excluding carboxylic acids is 1. The van der Waals surface area contributed by atoms with Crippen LogP contribution in [0.1, 0.15) is 24.2 Å². The molecule has 0 aliphatic rings. The van der Waals surface area contributed by atoms with Crippen molar-refractivity contribution in [3.8, 4) is 5.75 Å². The van der Waals surface area contributed by atoms with Crippen LogP contribution in [0.25, 0.3) is 11.0 Å². The molecule has 0 bridgehead atoms. The summed E-state index contributed by atoms with van der Waals surface area (Å²) in [4.78, 5) is 24.5. The highest BCUT2D eigenvalue weighted by Gasteiger charge is 2.24. The molecule has 0 aliphatic heterocycles. The van der Waals surface area contributed by atoms with Crippen molar-refractivity contribution in [3.05, 3.63) is 87.6 Å². The summed E-state index contributed by atoms with van der Waals surface area (Å²) in [5, 5.41) is 3.07. The zero-order chi connectivity index (χ0) is 22.6. The monoisotopic (exact) mass is 439 g/mol. The molecule has 0 fully saturated rings. The molecule has 1 heterocycles. The molecule has 2 aromatic carbocycles. The van der Waals surface area contributed by atoms with Crippen LogP contribution >= 0.6 is 0 Å². The fourth-order valence-electron chi connectivity index (χ4n) is 2.94. The van der Waals surface area contributed by atoms with Crippen molar-refractivity contribution in [3.63, 3.8) is 0 Å². The van der Waals surface area contributed by atoms with E-state index in [0.717, 1.165) is 0 Å². The highest BCUT2D eigenvalue weighted by molar-refractivity contribution is 7.95. The van der Waals surface area contributed by atoms with Gasteiger partial charge in [0.15, 0.2) is 4.90 Å². The maximum Gasteiger partial charge on any atom is 0.355 e. The molecule has 31 heavy (non-hydrogen) atoms. The Morgan fingerprint density at radius 1 is 1.06 bits per heavy atom. The number of benzene rings is 2. The van der Waals surface area contributed by atoms with Crippen LogP contribution < -0.4 is 15.7 Å². The van der Waals surface area contributed by atoms with Crippen LogP contribution in [0.3, 0.4) is 0 Å². The standard InChI is InChI=1S/C23H21NO6S/c1-4-6-19(5-2)31(27,28)21-14-16-13-15(7-12-20(16)30-23(21)26)22(25)24-17-8-10-18(29-3)11-9-17/h4-14H,1-3H3,(H,24,25)/b6-4-,19-5+. The number of anilines is 1. The van der Waals surface area contributed by atoms with Crippen molar-refractivity contribution < 1.29 is 22.4 Å². The third kappa shape index (κ3) is 4.59. The lowest BCUT2D eigenvalue weighted by atomic mass is 10.1. The summed E-state index contributed by atoms with van der Waals surface area (Å²) in [7, 11) is -2.52. The molecule has 3 rings (SSSR count). The van der Waals surface area contributed by atoms with Crippen molar-refractivity contribution in [1.29, 1.82) is 0 Å². The zero-order valence-electron chi connectivity index (χ0n) is 17.2. The Balaban J connectivity index is 2.00. The van der Waals surface area contributed by atoms with Gasteiger partial charge in [0.2, 0.25) is 9.84 Å². The Labute approximate surface area is 179 Å². The Kier molecular flexibility index (Phi) is 6.41. The normalized spacial score (nSPS) is 12.3. The fraction of sp³-hybridized carbons (Fsp3) is 0.130. The summed E-state index contributed by atoms with van der Waals surface area (Å²) in [6.07, 6.45) is 4.37. The van der Waals surface area contributed by atoms with Crippen molar-refractivity contribution >= 4 is 32.4 Å². The molecule has 0 aliphatic carbocycles. The van der Waals surface area contributed by atoms with Crippen LogP contribution in [-0.4, -0.2) is 21.4 Å². The quantitative estimate of drug-likeness (QED) is 0.454. The summed E-state index contributed by atoms with van der Waals surface area (Å²) in [6.45, 7) is 3.24. The average molecular weight is 439 g/mol. The van der Waals surface area contributed by atoms with Crippen LogP contribution in [-0.2, 0) is 9.84 Å². The zero-order valence-corrected chi connectivity index (χ0v) is 18.0. The number of ether oxygens (including phenoxy) is 1. The van der Waals surface area contributed by atoms with Gasteiger partial charge in [0, 0.05) is 16.6 Å². The van der Waals surface area contributed by atoms with Gasteiger partial charge in [-0.2, -0.15) is 0 Å². The van der Waals surface area contributed by atoms with Gasteiger partial charge in [0.05, 0.1) is 12.0 Å². The lowest BCUT2D eigenvalue weighted by molar-refractivity contribution is 0.102. The number of nitrogens with one attached hydrogen (secondary N) is 1. The van der Waals surface area contributed by atoms with Crippen molar-refractivity contribution in [1.82, 2.24) is 0 Å². The first-order valence-corrected chi connectivity index (χ1v) is 10.9. The van der Waals surface area contributed by atoms with Crippen LogP contribution in [0, 0.1) is 0 Å². The van der Waals surface area contributed by atoms with Gasteiger partial charge in [-0.25, -0.2) is 13.2 Å². The van der Waals surface area contributed by atoms with E-state index in [0.29, 0.717) is 16.8 Å². The topological polar surface area (TPSA) is 103 Å². The van der Waals surface area contributed by atoms with Gasteiger partial charge in [-0.1, -0.05) is 12.2 Å². The predicted molar refractivity (Wildman–Crippen MR) is 119 cm³/mol. The molecule has 1 aromatic heterocycles. The number of hydrogen-bond donors (Lipinski definition) is 1. The molecular formula is C23H21NO6S. The number of fused-ring (bicyclic) bond motifs is 1. The second-order valence-corrected chi connectivity index (χ2v) is 8.45. The van der Waals surface area contributed by atoms with E-state index in [-0.39, 0.29) is 16.1 Å². The molecule has 0 spiro atoms. The van der Waals surface area contributed by atoms with Gasteiger partial charge in [0.1, 0.15) is 11.3 Å². The third-order valence-corrected chi connectivity index (χ3v) is 6.38. The Morgan fingerprint density at radius 2 is 1.77 bits per heavy atom. The van der Waals surface area contributed by atoms with Crippen LogP contribution in [0.15, 0.2) is 85.8 Å². The van der Waals surface area contributed by atoms with Crippen LogP contribution in [0.2, 0.25) is 0 Å². The first kappa shape index (κ1) is 22.0. The molecule has 0 saturated carbocycles. The number of allylic oxidation sites excluding steroid dienone is 3. The lowest BCUT2D eigenvalue weighted by Crippen LogP contribution is -2.15. The van der Waals surface area contributed by atoms with Gasteiger partial charge in [-0.3, -0.25) is 4.79 Å². The Hall–Kier alpha value is -3.65. The average Bonchev–Trinajstić information content (AvgIpc) is 2.76. The van der Waals surface area contributed by atoms with E-state index in [9.17, 15) is 18.0 Å². The third-order valence-electron chi connectivity index (χ3n) is 4.53. The number of sulfone groups is 1. The lowest BCUT2D eigenvalue weighted by Gasteiger charge is -2.08. The molecule has 1 amide bonds. The van der Waals surface area contributed by atoms with Gasteiger partial charge in [-0.05, 0) is 68.5 Å². The first-order valence-electron chi connectivity index (χ1n) is 9.37. The highest BCUT2D eigenvalue weighted by Crippen LogP contribution is 2.23. The van der Waals surface area contributed by atoms with Gasteiger partial charge in [-0.15, -0.1) is 0 Å². The predicted octanol–water partition coefficient (Wildman–Crippen LogP) is 4.31. The number of amides is 1. The van der Waals surface area contributed by atoms with E-state index in [1.54, 1.807) is 51.3 Å². The molecule has 0 unspecified atom stereocenters. The fourth-order valence-corrected chi connectivity index (χ4v) is 4.37. The van der Waals surface area contributed by atoms with E-state index in [4.69, 9.17) is 9.15 Å². The second kappa shape index (κ2) is 9.01. The van der Waals surface area contributed by atoms with Crippen LogP contribution in [0.4, 0.5) is 5.69 Å². The Bertz CT molecular complexity index is 1350. The molecule has 0 radical (unpaired) electrons. The van der Waals surface area contributed by atoms with Crippen LogP contribution in [0.5, 0.6) is 5.75 Å². The smallest absolute Gasteiger partial charge is 0.355 e. The minimum atomic E-state index is -4.07. The first-order chi connectivity index (χ1) is 14.8. The number of rotatable bonds is 6. The van der Waals surface area contributed by atoms with E-state index >= 15 is 0 Å². The molecule has 1 N–H and O–H groups in total. The summed E-state index contributed by atoms with van der Waals surface area (Å²) in [5.74, 6) is 0.261. The maximum atomic E-state index is 12.9. The molecule has 160 valence electrons. The minimum absolute atomic E-state index is 0.0185. The molecule has 0 atom stereocenters. The molecule has 7 nitrogen and oxygen atoms in total. The number of methoxy groups -OCH3 is 1. The SMILES string of the molecule is C/C=C\C(=C/C)S(=O)(=O)c1cc2cc(C(=O)Nc3ccc(OC)cc3)ccc2oc1=O. The summed E-state index contributed by atoms with van der Waals surface area (Å²) in [6, 6.07) is 12.5. The molecule has 8 heteroatoms. The number of hydrogen-bond acceptors (Lipinski definition) is 6. The molecule has 3 aromatic rings. The van der Waals surface area contributed by atoms with Gasteiger partial charge < -0.3 is 14.5 Å². The number of carbonyl (C=O) groups is 1. The van der Waals surface area contributed by atoms with Gasteiger partial charge >= 0.3 is 5.63 Å². The minimum Gasteiger partial charge on any atom is -0.497 e. The Morgan fingerprint density at radius 3 is 2.39 bits per heavy atom. The highest BCUT2D eigenvalue weighted by atomic mass is 32.2. The van der Waals surface area contributed by atoms with E-state index < -0.39 is 26.3 Å². The molecular weight excluding hydrogens is 418 g/mol. The summed E-state index contributed by atoms with van der Waals surface area (Å²) in [5.41, 5.74) is 0.0582. The van der Waals surface area contributed by atoms with Gasteiger partial charge in [0.25, 0.3) is 5.91 Å². The van der Waals surface area contributed by atoms with E-state index in [1.807, 2.05) is 0 Å². The summed E-state index contributed by atoms with van der Waals surface area (Å²) >= 11 is 0. The molecule has 0 saturated heterocycles. The second-order valence-electron chi connectivity index (χ2n) is 6.53. The van der Waals surface area contributed by atoms with Crippen molar-refractivity contribution in [2.24, 2.45) is 0 Å². The van der Waals surface area contributed by atoms with Crippen molar-refractivity contribution in [2.75, 3.05) is 12.4 Å². The van der Waals surface area contributed by atoms with E-state index in [2.05, 4.69) is 5.32 Å².